The first kappa shape index (κ1) is 11.2. The van der Waals surface area contributed by atoms with E-state index in [-0.39, 0.29) is 6.42 Å². The maximum Gasteiger partial charge on any atom is 0.168 e. The summed E-state index contributed by atoms with van der Waals surface area (Å²) in [5.74, 6) is 0.752. The van der Waals surface area contributed by atoms with Crippen molar-refractivity contribution in [3.8, 4) is 11.8 Å². The molecule has 2 heterocycles. The van der Waals surface area contributed by atoms with Gasteiger partial charge in [0.25, 0.3) is 0 Å². The summed E-state index contributed by atoms with van der Waals surface area (Å²) in [5.41, 5.74) is 7.37. The Bertz CT molecular complexity index is 769. The number of para-hydroxylation sites is 1. The molecule has 0 spiro atoms. The van der Waals surface area contributed by atoms with E-state index in [0.717, 1.165) is 5.69 Å². The topological polar surface area (TPSA) is 93.4 Å². The first-order valence-corrected chi connectivity index (χ1v) is 5.72. The molecule has 1 aromatic carbocycles. The predicted octanol–water partition coefficient (Wildman–Crippen LogP) is 1.46. The highest BCUT2D eigenvalue weighted by Crippen LogP contribution is 2.20. The van der Waals surface area contributed by atoms with Gasteiger partial charge < -0.3 is 5.73 Å². The van der Waals surface area contributed by atoms with Crippen molar-refractivity contribution >= 4 is 16.9 Å². The van der Waals surface area contributed by atoms with Gasteiger partial charge in [0.2, 0.25) is 0 Å². The molecular formula is C13H10N6. The third kappa shape index (κ3) is 1.87. The molecule has 6 heteroatoms. The van der Waals surface area contributed by atoms with Crippen molar-refractivity contribution < 1.29 is 0 Å². The van der Waals surface area contributed by atoms with Gasteiger partial charge in [-0.1, -0.05) is 18.2 Å². The molecule has 0 fully saturated rings. The monoisotopic (exact) mass is 250 g/mol. The Kier molecular flexibility index (Phi) is 2.58. The van der Waals surface area contributed by atoms with Gasteiger partial charge in [-0.3, -0.25) is 0 Å². The van der Waals surface area contributed by atoms with Crippen LogP contribution in [0.15, 0.2) is 36.5 Å². The van der Waals surface area contributed by atoms with Crippen LogP contribution in [0.2, 0.25) is 0 Å². The highest BCUT2D eigenvalue weighted by Gasteiger charge is 2.11. The maximum absolute atomic E-state index is 8.73. The summed E-state index contributed by atoms with van der Waals surface area (Å²) in [5, 5.41) is 13.7. The average Bonchev–Trinajstić information content (AvgIpc) is 2.84. The van der Waals surface area contributed by atoms with Gasteiger partial charge in [0.15, 0.2) is 5.65 Å². The molecular weight excluding hydrogens is 240 g/mol. The number of fused-ring (bicyclic) bond motifs is 1. The lowest BCUT2D eigenvalue weighted by atomic mass is 10.3. The van der Waals surface area contributed by atoms with Crippen molar-refractivity contribution in [2.45, 2.75) is 6.42 Å². The van der Waals surface area contributed by atoms with E-state index in [2.05, 4.69) is 15.1 Å². The fourth-order valence-electron chi connectivity index (χ4n) is 1.88. The van der Waals surface area contributed by atoms with Crippen LogP contribution < -0.4 is 5.73 Å². The minimum absolute atomic E-state index is 0.125. The SMILES string of the molecule is N#CCc1nc(N)c2cnn(-c3ccccc3)c2n1. The summed E-state index contributed by atoms with van der Waals surface area (Å²) in [6.45, 7) is 0. The van der Waals surface area contributed by atoms with Crippen LogP contribution in [0, 0.1) is 11.3 Å². The Labute approximate surface area is 109 Å². The molecule has 3 rings (SSSR count). The molecule has 0 aliphatic heterocycles. The van der Waals surface area contributed by atoms with E-state index < -0.39 is 0 Å². The Balaban J connectivity index is 2.25. The number of nitriles is 1. The van der Waals surface area contributed by atoms with E-state index >= 15 is 0 Å². The lowest BCUT2D eigenvalue weighted by Crippen LogP contribution is -2.03. The van der Waals surface area contributed by atoms with Gasteiger partial charge in [0, 0.05) is 0 Å². The Hall–Kier alpha value is -2.94. The van der Waals surface area contributed by atoms with Gasteiger partial charge in [0.05, 0.1) is 29.8 Å². The number of rotatable bonds is 2. The standard InChI is InChI=1S/C13H10N6/c14-7-6-11-17-12(15)10-8-16-19(13(10)18-11)9-4-2-1-3-5-9/h1-5,8H,6H2,(H2,15,17,18). The normalized spacial score (nSPS) is 10.5. The van der Waals surface area contributed by atoms with Crippen molar-refractivity contribution in [3.63, 3.8) is 0 Å². The van der Waals surface area contributed by atoms with Crippen molar-refractivity contribution in [2.24, 2.45) is 0 Å². The molecule has 0 aliphatic rings. The molecule has 0 unspecified atom stereocenters. The highest BCUT2D eigenvalue weighted by atomic mass is 15.3. The van der Waals surface area contributed by atoms with Crippen molar-refractivity contribution in [1.82, 2.24) is 19.7 Å². The van der Waals surface area contributed by atoms with Crippen LogP contribution in [0.5, 0.6) is 0 Å². The van der Waals surface area contributed by atoms with Gasteiger partial charge >= 0.3 is 0 Å². The average molecular weight is 250 g/mol. The molecule has 2 aromatic heterocycles. The minimum Gasteiger partial charge on any atom is -0.383 e. The zero-order chi connectivity index (χ0) is 13.2. The number of nitrogen functional groups attached to an aromatic ring is 1. The summed E-state index contributed by atoms with van der Waals surface area (Å²) in [6, 6.07) is 11.6. The summed E-state index contributed by atoms with van der Waals surface area (Å²) < 4.78 is 1.69. The van der Waals surface area contributed by atoms with Crippen LogP contribution in [-0.4, -0.2) is 19.7 Å². The molecule has 0 saturated carbocycles. The first-order chi connectivity index (χ1) is 9.29. The highest BCUT2D eigenvalue weighted by molar-refractivity contribution is 5.86. The van der Waals surface area contributed by atoms with E-state index in [9.17, 15) is 0 Å². The third-order valence-corrected chi connectivity index (χ3v) is 2.74. The molecule has 0 radical (unpaired) electrons. The number of hydrogen-bond donors (Lipinski definition) is 1. The van der Waals surface area contributed by atoms with E-state index in [0.29, 0.717) is 22.7 Å². The number of anilines is 1. The Morgan fingerprint density at radius 2 is 2.00 bits per heavy atom. The van der Waals surface area contributed by atoms with Gasteiger partial charge in [-0.05, 0) is 12.1 Å². The maximum atomic E-state index is 8.73. The Morgan fingerprint density at radius 3 is 2.74 bits per heavy atom. The number of nitrogens with two attached hydrogens (primary N) is 1. The minimum atomic E-state index is 0.125. The molecule has 0 atom stereocenters. The van der Waals surface area contributed by atoms with E-state index in [1.165, 1.54) is 0 Å². The fraction of sp³-hybridized carbons (Fsp3) is 0.0769. The molecule has 6 nitrogen and oxygen atoms in total. The Morgan fingerprint density at radius 1 is 1.21 bits per heavy atom. The van der Waals surface area contributed by atoms with Crippen molar-refractivity contribution in [3.05, 3.63) is 42.4 Å². The lowest BCUT2D eigenvalue weighted by molar-refractivity contribution is 0.886. The third-order valence-electron chi connectivity index (χ3n) is 2.74. The molecule has 2 N–H and O–H groups in total. The zero-order valence-corrected chi connectivity index (χ0v) is 9.98. The van der Waals surface area contributed by atoms with Crippen LogP contribution in [-0.2, 0) is 6.42 Å². The number of benzene rings is 1. The van der Waals surface area contributed by atoms with Crippen molar-refractivity contribution in [2.75, 3.05) is 5.73 Å². The summed E-state index contributed by atoms with van der Waals surface area (Å²) in [7, 11) is 0. The van der Waals surface area contributed by atoms with Gasteiger partial charge in [-0.2, -0.15) is 10.4 Å². The number of nitrogens with zero attached hydrogens (tertiary/aromatic N) is 5. The largest absolute Gasteiger partial charge is 0.383 e. The van der Waals surface area contributed by atoms with E-state index in [1.54, 1.807) is 10.9 Å². The van der Waals surface area contributed by atoms with Crippen molar-refractivity contribution in [1.29, 1.82) is 5.26 Å². The van der Waals surface area contributed by atoms with E-state index in [4.69, 9.17) is 11.0 Å². The lowest BCUT2D eigenvalue weighted by Gasteiger charge is -2.03. The number of hydrogen-bond acceptors (Lipinski definition) is 5. The molecule has 0 bridgehead atoms. The quantitative estimate of drug-likeness (QED) is 0.743. The summed E-state index contributed by atoms with van der Waals surface area (Å²) >= 11 is 0. The molecule has 0 saturated heterocycles. The van der Waals surface area contributed by atoms with Crippen LogP contribution >= 0.6 is 0 Å². The van der Waals surface area contributed by atoms with Crippen LogP contribution in [0.3, 0.4) is 0 Å². The van der Waals surface area contributed by atoms with Gasteiger partial charge in [-0.25, -0.2) is 14.6 Å². The number of aromatic nitrogens is 4. The first-order valence-electron chi connectivity index (χ1n) is 5.72. The van der Waals surface area contributed by atoms with Gasteiger partial charge in [-0.15, -0.1) is 0 Å². The predicted molar refractivity (Wildman–Crippen MR) is 70.4 cm³/mol. The van der Waals surface area contributed by atoms with Crippen LogP contribution in [0.1, 0.15) is 5.82 Å². The summed E-state index contributed by atoms with van der Waals surface area (Å²) in [4.78, 5) is 8.44. The zero-order valence-electron chi connectivity index (χ0n) is 9.98. The second-order valence-electron chi connectivity index (χ2n) is 3.99. The molecule has 3 aromatic rings. The molecule has 0 amide bonds. The second kappa shape index (κ2) is 4.38. The fourth-order valence-corrected chi connectivity index (χ4v) is 1.88. The molecule has 0 aliphatic carbocycles. The van der Waals surface area contributed by atoms with Crippen LogP contribution in [0.4, 0.5) is 5.82 Å². The van der Waals surface area contributed by atoms with Gasteiger partial charge in [0.1, 0.15) is 11.6 Å². The second-order valence-corrected chi connectivity index (χ2v) is 3.99. The van der Waals surface area contributed by atoms with Crippen LogP contribution in [0.25, 0.3) is 16.7 Å². The molecule has 19 heavy (non-hydrogen) atoms. The smallest absolute Gasteiger partial charge is 0.168 e. The molecule has 92 valence electrons. The summed E-state index contributed by atoms with van der Waals surface area (Å²) in [6.07, 6.45) is 1.76. The van der Waals surface area contributed by atoms with E-state index in [1.807, 2.05) is 36.4 Å².